The Hall–Kier alpha value is -0.0800. The summed E-state index contributed by atoms with van der Waals surface area (Å²) in [5.74, 6) is 0.437. The maximum absolute atomic E-state index is 10.2. The van der Waals surface area contributed by atoms with E-state index >= 15 is 0 Å². The van der Waals surface area contributed by atoms with Crippen LogP contribution < -0.4 is 5.32 Å². The van der Waals surface area contributed by atoms with E-state index in [-0.39, 0.29) is 5.41 Å². The molecule has 13 heavy (non-hydrogen) atoms. The zero-order valence-corrected chi connectivity index (χ0v) is 9.35. The number of hydrogen-bond acceptors (Lipinski definition) is 2. The van der Waals surface area contributed by atoms with Gasteiger partial charge in [0.25, 0.3) is 0 Å². The van der Waals surface area contributed by atoms with Crippen molar-refractivity contribution in [1.29, 1.82) is 0 Å². The molecule has 2 atom stereocenters. The summed E-state index contributed by atoms with van der Waals surface area (Å²) in [6.07, 6.45) is 3.30. The van der Waals surface area contributed by atoms with Gasteiger partial charge in [-0.15, -0.1) is 0 Å². The number of nitrogens with one attached hydrogen (secondary N) is 1. The van der Waals surface area contributed by atoms with E-state index in [4.69, 9.17) is 0 Å². The first kappa shape index (κ1) is 11.0. The summed E-state index contributed by atoms with van der Waals surface area (Å²) in [4.78, 5) is 0. The molecule has 0 spiro atoms. The first-order valence-electron chi connectivity index (χ1n) is 5.27. The Morgan fingerprint density at radius 2 is 2.15 bits per heavy atom. The van der Waals surface area contributed by atoms with Crippen LogP contribution in [0.15, 0.2) is 0 Å². The highest BCUT2D eigenvalue weighted by atomic mass is 16.3. The average Bonchev–Trinajstić information content (AvgIpc) is 2.29. The van der Waals surface area contributed by atoms with E-state index in [0.29, 0.717) is 5.92 Å². The molecule has 0 aromatic heterocycles. The topological polar surface area (TPSA) is 32.3 Å². The van der Waals surface area contributed by atoms with Crippen molar-refractivity contribution in [3.8, 4) is 0 Å². The van der Waals surface area contributed by atoms with Gasteiger partial charge in [0.05, 0.1) is 5.60 Å². The molecule has 1 aliphatic carbocycles. The second-order valence-corrected chi connectivity index (χ2v) is 5.32. The molecule has 0 heterocycles. The second-order valence-electron chi connectivity index (χ2n) is 5.32. The quantitative estimate of drug-likeness (QED) is 0.702. The van der Waals surface area contributed by atoms with Crippen LogP contribution >= 0.6 is 0 Å². The van der Waals surface area contributed by atoms with Gasteiger partial charge in [-0.3, -0.25) is 0 Å². The Bertz CT molecular complexity index is 175. The third-order valence-electron chi connectivity index (χ3n) is 3.50. The first-order valence-corrected chi connectivity index (χ1v) is 5.27. The van der Waals surface area contributed by atoms with Crippen LogP contribution in [-0.2, 0) is 0 Å². The minimum absolute atomic E-state index is 0.203. The van der Waals surface area contributed by atoms with E-state index < -0.39 is 5.60 Å². The summed E-state index contributed by atoms with van der Waals surface area (Å²) in [5.41, 5.74) is -0.241. The first-order chi connectivity index (χ1) is 5.90. The Morgan fingerprint density at radius 1 is 1.54 bits per heavy atom. The number of aliphatic hydroxyl groups is 1. The van der Waals surface area contributed by atoms with Gasteiger partial charge in [-0.25, -0.2) is 0 Å². The van der Waals surface area contributed by atoms with Crippen LogP contribution in [0.25, 0.3) is 0 Å². The molecule has 2 heteroatoms. The van der Waals surface area contributed by atoms with Crippen molar-refractivity contribution in [3.05, 3.63) is 0 Å². The van der Waals surface area contributed by atoms with Crippen molar-refractivity contribution in [2.45, 2.75) is 45.6 Å². The van der Waals surface area contributed by atoms with Crippen LogP contribution in [0.1, 0.15) is 40.0 Å². The van der Waals surface area contributed by atoms with E-state index in [2.05, 4.69) is 19.2 Å². The highest BCUT2D eigenvalue weighted by Crippen LogP contribution is 2.45. The minimum Gasteiger partial charge on any atom is -0.390 e. The molecule has 1 saturated carbocycles. The van der Waals surface area contributed by atoms with Gasteiger partial charge < -0.3 is 10.4 Å². The molecule has 1 rings (SSSR count). The van der Waals surface area contributed by atoms with E-state index in [1.807, 2.05) is 14.0 Å². The van der Waals surface area contributed by atoms with E-state index in [1.54, 1.807) is 0 Å². The monoisotopic (exact) mass is 185 g/mol. The zero-order chi connectivity index (χ0) is 10.1. The van der Waals surface area contributed by atoms with Crippen molar-refractivity contribution in [2.75, 3.05) is 13.6 Å². The van der Waals surface area contributed by atoms with Crippen molar-refractivity contribution in [1.82, 2.24) is 5.32 Å². The molecule has 0 aliphatic heterocycles. The maximum Gasteiger partial charge on any atom is 0.0653 e. The van der Waals surface area contributed by atoms with Crippen LogP contribution in [0.3, 0.4) is 0 Å². The van der Waals surface area contributed by atoms with Crippen molar-refractivity contribution >= 4 is 0 Å². The molecule has 0 amide bonds. The average molecular weight is 185 g/mol. The minimum atomic E-state index is -0.444. The van der Waals surface area contributed by atoms with Crippen molar-refractivity contribution < 1.29 is 5.11 Å². The highest BCUT2D eigenvalue weighted by Gasteiger charge is 2.45. The van der Waals surface area contributed by atoms with Gasteiger partial charge in [-0.1, -0.05) is 20.3 Å². The molecular weight excluding hydrogens is 162 g/mol. The smallest absolute Gasteiger partial charge is 0.0653 e. The summed E-state index contributed by atoms with van der Waals surface area (Å²) in [5, 5.41) is 13.4. The van der Waals surface area contributed by atoms with Crippen LogP contribution in [0.5, 0.6) is 0 Å². The van der Waals surface area contributed by atoms with Crippen LogP contribution in [0, 0.1) is 11.3 Å². The maximum atomic E-state index is 10.2. The Morgan fingerprint density at radius 3 is 2.54 bits per heavy atom. The molecule has 0 aromatic rings. The van der Waals surface area contributed by atoms with E-state index in [0.717, 1.165) is 13.0 Å². The van der Waals surface area contributed by atoms with Gasteiger partial charge in [0.15, 0.2) is 0 Å². The van der Waals surface area contributed by atoms with E-state index in [9.17, 15) is 5.11 Å². The summed E-state index contributed by atoms with van der Waals surface area (Å²) in [6, 6.07) is 0. The largest absolute Gasteiger partial charge is 0.390 e. The normalized spacial score (nSPS) is 35.3. The van der Waals surface area contributed by atoms with Crippen molar-refractivity contribution in [3.63, 3.8) is 0 Å². The summed E-state index contributed by atoms with van der Waals surface area (Å²) < 4.78 is 0. The lowest BCUT2D eigenvalue weighted by molar-refractivity contribution is -0.0289. The SMILES string of the molecule is CNCC(C)(C)C1CCCC1(C)O. The fourth-order valence-corrected chi connectivity index (χ4v) is 2.96. The molecule has 1 fully saturated rings. The molecular formula is C11H23NO. The molecule has 1 aliphatic rings. The Balaban J connectivity index is 2.69. The summed E-state index contributed by atoms with van der Waals surface area (Å²) in [6.45, 7) is 7.46. The van der Waals surface area contributed by atoms with Gasteiger partial charge >= 0.3 is 0 Å². The van der Waals surface area contributed by atoms with Gasteiger partial charge in [0.2, 0.25) is 0 Å². The fourth-order valence-electron chi connectivity index (χ4n) is 2.96. The van der Waals surface area contributed by atoms with Crippen LogP contribution in [0.2, 0.25) is 0 Å². The van der Waals surface area contributed by atoms with Gasteiger partial charge in [0, 0.05) is 6.54 Å². The molecule has 0 bridgehead atoms. The second kappa shape index (κ2) is 3.58. The molecule has 0 aromatic carbocycles. The summed E-state index contributed by atoms with van der Waals surface area (Å²) in [7, 11) is 1.98. The number of rotatable bonds is 3. The van der Waals surface area contributed by atoms with Gasteiger partial charge in [-0.05, 0) is 38.1 Å². The molecule has 78 valence electrons. The van der Waals surface area contributed by atoms with Crippen LogP contribution in [-0.4, -0.2) is 24.3 Å². The fraction of sp³-hybridized carbons (Fsp3) is 1.00. The predicted molar refractivity (Wildman–Crippen MR) is 55.7 cm³/mol. The highest BCUT2D eigenvalue weighted by molar-refractivity contribution is 4.96. The van der Waals surface area contributed by atoms with Crippen LogP contribution in [0.4, 0.5) is 0 Å². The van der Waals surface area contributed by atoms with Gasteiger partial charge in [0.1, 0.15) is 0 Å². The Labute approximate surface area is 81.7 Å². The lowest BCUT2D eigenvalue weighted by Gasteiger charge is -2.39. The Kier molecular flexibility index (Phi) is 3.03. The third-order valence-corrected chi connectivity index (χ3v) is 3.50. The summed E-state index contributed by atoms with van der Waals surface area (Å²) >= 11 is 0. The molecule has 2 unspecified atom stereocenters. The lowest BCUT2D eigenvalue weighted by atomic mass is 9.71. The standard InChI is InChI=1S/C11H23NO/c1-10(2,8-12-4)9-6-5-7-11(9,3)13/h9,12-13H,5-8H2,1-4H3. The number of hydrogen-bond donors (Lipinski definition) is 2. The zero-order valence-electron chi connectivity index (χ0n) is 9.35. The molecule has 2 N–H and O–H groups in total. The van der Waals surface area contributed by atoms with Gasteiger partial charge in [-0.2, -0.15) is 0 Å². The van der Waals surface area contributed by atoms with Crippen molar-refractivity contribution in [2.24, 2.45) is 11.3 Å². The molecule has 0 radical (unpaired) electrons. The predicted octanol–water partition coefficient (Wildman–Crippen LogP) is 1.78. The lowest BCUT2D eigenvalue weighted by Crippen LogP contribution is -2.43. The third kappa shape index (κ3) is 2.23. The molecule has 2 nitrogen and oxygen atoms in total. The molecule has 0 saturated heterocycles. The van der Waals surface area contributed by atoms with E-state index in [1.165, 1.54) is 12.8 Å².